The van der Waals surface area contributed by atoms with Crippen LogP contribution < -0.4 is 19.6 Å². The van der Waals surface area contributed by atoms with Crippen molar-refractivity contribution < 1.29 is 14.3 Å². The molecule has 0 N–H and O–H groups in total. The van der Waals surface area contributed by atoms with Gasteiger partial charge < -0.3 is 9.47 Å². The Labute approximate surface area is 227 Å². The van der Waals surface area contributed by atoms with E-state index in [9.17, 15) is 9.59 Å². The molecule has 0 saturated heterocycles. The highest BCUT2D eigenvalue weighted by molar-refractivity contribution is 9.11. The summed E-state index contributed by atoms with van der Waals surface area (Å²) < 4.78 is 14.8. The number of benzene rings is 2. The summed E-state index contributed by atoms with van der Waals surface area (Å²) in [7, 11) is 0. The maximum atomic E-state index is 13.8. The van der Waals surface area contributed by atoms with E-state index in [1.54, 1.807) is 48.8 Å². The van der Waals surface area contributed by atoms with Gasteiger partial charge in [0.1, 0.15) is 5.75 Å². The lowest BCUT2D eigenvalue weighted by Crippen LogP contribution is -2.39. The number of aromatic nitrogens is 1. The van der Waals surface area contributed by atoms with Gasteiger partial charge in [0, 0.05) is 15.1 Å². The second kappa shape index (κ2) is 10.8. The van der Waals surface area contributed by atoms with Crippen molar-refractivity contribution in [2.24, 2.45) is 4.99 Å². The molecule has 0 fully saturated rings. The lowest BCUT2D eigenvalue weighted by molar-refractivity contribution is -0.139. The summed E-state index contributed by atoms with van der Waals surface area (Å²) in [6, 6.07) is 10.2. The van der Waals surface area contributed by atoms with Crippen molar-refractivity contribution in [1.82, 2.24) is 4.57 Å². The summed E-state index contributed by atoms with van der Waals surface area (Å²) in [5.74, 6) is 0.136. The van der Waals surface area contributed by atoms with Crippen molar-refractivity contribution >= 4 is 66.8 Å². The van der Waals surface area contributed by atoms with Gasteiger partial charge in [0.2, 0.25) is 0 Å². The zero-order valence-electron chi connectivity index (χ0n) is 19.1. The van der Waals surface area contributed by atoms with E-state index in [1.807, 2.05) is 19.1 Å². The summed E-state index contributed by atoms with van der Waals surface area (Å²) in [6.45, 7) is 6.08. The Bertz CT molecular complexity index is 1510. The van der Waals surface area contributed by atoms with E-state index in [0.717, 1.165) is 20.1 Å². The highest BCUT2D eigenvalue weighted by atomic mass is 79.9. The van der Waals surface area contributed by atoms with Gasteiger partial charge in [0.25, 0.3) is 5.56 Å². The Morgan fingerprint density at radius 3 is 2.57 bits per heavy atom. The number of carbonyl (C=O) groups is 1. The number of fused-ring (bicyclic) bond motifs is 1. The zero-order chi connectivity index (χ0) is 25.3. The molecule has 0 aliphatic carbocycles. The van der Waals surface area contributed by atoms with Crippen molar-refractivity contribution in [3.63, 3.8) is 0 Å². The molecule has 6 nitrogen and oxygen atoms in total. The van der Waals surface area contributed by atoms with Crippen molar-refractivity contribution in [3.8, 4) is 5.75 Å². The average Bonchev–Trinajstić information content (AvgIpc) is 3.10. The molecule has 1 aliphatic rings. The lowest BCUT2D eigenvalue weighted by atomic mass is 9.96. The minimum absolute atomic E-state index is 0.214. The monoisotopic (exact) mass is 638 g/mol. The van der Waals surface area contributed by atoms with Crippen molar-refractivity contribution in [1.29, 1.82) is 0 Å². The summed E-state index contributed by atoms with van der Waals surface area (Å²) in [5, 5.41) is 0.559. The molecule has 1 atom stereocenters. The van der Waals surface area contributed by atoms with Crippen LogP contribution in [0, 0.1) is 0 Å². The molecular formula is C25H21Br2ClN2O4S. The molecule has 10 heteroatoms. The fourth-order valence-electron chi connectivity index (χ4n) is 3.88. The molecule has 2 heterocycles. The summed E-state index contributed by atoms with van der Waals surface area (Å²) in [6.07, 6.45) is 1.78. The molecule has 0 amide bonds. The molecule has 0 saturated carbocycles. The van der Waals surface area contributed by atoms with Crippen molar-refractivity contribution in [2.75, 3.05) is 13.2 Å². The molecule has 0 spiro atoms. The van der Waals surface area contributed by atoms with Gasteiger partial charge in [0.15, 0.2) is 4.80 Å². The summed E-state index contributed by atoms with van der Waals surface area (Å²) in [5.41, 5.74) is 2.05. The van der Waals surface area contributed by atoms with Crippen LogP contribution in [0.2, 0.25) is 5.02 Å². The normalized spacial score (nSPS) is 15.6. The third-order valence-corrected chi connectivity index (χ3v) is 7.60. The van der Waals surface area contributed by atoms with Crippen LogP contribution in [0.3, 0.4) is 0 Å². The third kappa shape index (κ3) is 5.18. The van der Waals surface area contributed by atoms with E-state index in [4.69, 9.17) is 21.1 Å². The van der Waals surface area contributed by atoms with E-state index in [1.165, 1.54) is 11.3 Å². The van der Waals surface area contributed by atoms with Crippen molar-refractivity contribution in [2.45, 2.75) is 26.8 Å². The van der Waals surface area contributed by atoms with Crippen LogP contribution in [-0.4, -0.2) is 23.8 Å². The molecule has 1 aliphatic heterocycles. The second-order valence-electron chi connectivity index (χ2n) is 7.59. The van der Waals surface area contributed by atoms with Gasteiger partial charge in [0.05, 0.1) is 39.5 Å². The summed E-state index contributed by atoms with van der Waals surface area (Å²) in [4.78, 5) is 31.8. The van der Waals surface area contributed by atoms with Crippen LogP contribution in [0.1, 0.15) is 37.9 Å². The van der Waals surface area contributed by atoms with E-state index in [-0.39, 0.29) is 12.2 Å². The molecule has 0 unspecified atom stereocenters. The second-order valence-corrected chi connectivity index (χ2v) is 10.8. The molecule has 35 heavy (non-hydrogen) atoms. The Balaban J connectivity index is 1.97. The molecule has 182 valence electrons. The molecular weight excluding hydrogens is 620 g/mol. The van der Waals surface area contributed by atoms with Crippen LogP contribution >= 0.6 is 54.8 Å². The first-order valence-corrected chi connectivity index (χ1v) is 13.6. The average molecular weight is 641 g/mol. The first-order valence-electron chi connectivity index (χ1n) is 10.8. The Morgan fingerprint density at radius 2 is 1.91 bits per heavy atom. The molecule has 0 radical (unpaired) electrons. The number of thiazole rings is 1. The van der Waals surface area contributed by atoms with E-state index < -0.39 is 12.0 Å². The van der Waals surface area contributed by atoms with E-state index >= 15 is 0 Å². The fraction of sp³-hybridized carbons (Fsp3) is 0.240. The number of hydrogen-bond acceptors (Lipinski definition) is 6. The van der Waals surface area contributed by atoms with Gasteiger partial charge in [-0.05, 0) is 72.6 Å². The lowest BCUT2D eigenvalue weighted by Gasteiger charge is -2.24. The van der Waals surface area contributed by atoms with E-state index in [2.05, 4.69) is 36.9 Å². The molecule has 0 bridgehead atoms. The minimum Gasteiger partial charge on any atom is -0.492 e. The predicted octanol–water partition coefficient (Wildman–Crippen LogP) is 5.38. The number of nitrogens with zero attached hydrogens (tertiary/aromatic N) is 2. The fourth-order valence-corrected chi connectivity index (χ4v) is 6.41. The number of halogens is 3. The quantitative estimate of drug-likeness (QED) is 0.340. The standard InChI is InChI=1S/C25H21Br2ClN2O4S/c1-4-33-22-15(10-16(26)12-18(22)27)11-19-23(31)30-21(14-6-8-17(28)9-7-14)20(24(32)34-5-2)13(3)29-25(30)35-19/h6-12,21H,4-5H2,1-3H3/b19-11-/t21-/m0/s1. The van der Waals surface area contributed by atoms with Crippen LogP contribution in [0.25, 0.3) is 6.08 Å². The highest BCUT2D eigenvalue weighted by Crippen LogP contribution is 2.34. The topological polar surface area (TPSA) is 69.9 Å². The van der Waals surface area contributed by atoms with Gasteiger partial charge in [-0.1, -0.05) is 51.0 Å². The smallest absolute Gasteiger partial charge is 0.338 e. The van der Waals surface area contributed by atoms with E-state index in [0.29, 0.717) is 38.0 Å². The SMILES string of the molecule is CCOC(=O)C1=C(C)N=c2s/c(=C\c3cc(Br)cc(Br)c3OCC)c(=O)n2[C@H]1c1ccc(Cl)cc1. The van der Waals surface area contributed by atoms with Gasteiger partial charge in [-0.15, -0.1) is 0 Å². The van der Waals surface area contributed by atoms with Crippen LogP contribution in [0.5, 0.6) is 5.75 Å². The number of hydrogen-bond donors (Lipinski definition) is 0. The van der Waals surface area contributed by atoms with Crippen LogP contribution in [0.4, 0.5) is 0 Å². The molecule has 4 rings (SSSR count). The maximum absolute atomic E-state index is 13.8. The first-order chi connectivity index (χ1) is 16.7. The largest absolute Gasteiger partial charge is 0.492 e. The Hall–Kier alpha value is -2.20. The van der Waals surface area contributed by atoms with Gasteiger partial charge in [-0.2, -0.15) is 0 Å². The number of allylic oxidation sites excluding steroid dienone is 1. The molecule has 3 aromatic rings. The van der Waals surface area contributed by atoms with Crippen LogP contribution in [0.15, 0.2) is 66.4 Å². The maximum Gasteiger partial charge on any atom is 0.338 e. The van der Waals surface area contributed by atoms with Crippen molar-refractivity contribution in [3.05, 3.63) is 92.5 Å². The molecule has 2 aromatic carbocycles. The van der Waals surface area contributed by atoms with Gasteiger partial charge in [-0.3, -0.25) is 9.36 Å². The summed E-state index contributed by atoms with van der Waals surface area (Å²) >= 11 is 14.4. The Morgan fingerprint density at radius 1 is 1.20 bits per heavy atom. The number of ether oxygens (including phenoxy) is 2. The highest BCUT2D eigenvalue weighted by Gasteiger charge is 2.33. The number of rotatable bonds is 6. The van der Waals surface area contributed by atoms with Gasteiger partial charge in [-0.25, -0.2) is 9.79 Å². The zero-order valence-corrected chi connectivity index (χ0v) is 23.8. The minimum atomic E-state index is -0.690. The number of esters is 1. The first kappa shape index (κ1) is 25.9. The number of carbonyl (C=O) groups excluding carboxylic acids is 1. The predicted molar refractivity (Wildman–Crippen MR) is 145 cm³/mol. The Kier molecular flexibility index (Phi) is 8.00. The van der Waals surface area contributed by atoms with Gasteiger partial charge >= 0.3 is 5.97 Å². The third-order valence-electron chi connectivity index (χ3n) is 5.32. The molecule has 1 aromatic heterocycles. The van der Waals surface area contributed by atoms with Crippen LogP contribution in [-0.2, 0) is 9.53 Å².